The van der Waals surface area contributed by atoms with E-state index in [-0.39, 0.29) is 48.8 Å². The number of benzene rings is 3. The van der Waals surface area contributed by atoms with E-state index in [1.54, 1.807) is 17.0 Å². The molecule has 0 saturated carbocycles. The fourth-order valence-electron chi connectivity index (χ4n) is 4.90. The van der Waals surface area contributed by atoms with Crippen molar-refractivity contribution in [1.82, 2.24) is 9.80 Å². The van der Waals surface area contributed by atoms with Crippen LogP contribution in [0.4, 0.5) is 8.78 Å². The molecule has 5 rings (SSSR count). The Labute approximate surface area is 201 Å². The number of hydrogen-bond acceptors (Lipinski definition) is 3. The number of carbonyl (C=O) groups is 2. The molecule has 5 nitrogen and oxygen atoms in total. The summed E-state index contributed by atoms with van der Waals surface area (Å²) in [5.74, 6) is 4.63. The third-order valence-electron chi connectivity index (χ3n) is 6.62. The summed E-state index contributed by atoms with van der Waals surface area (Å²) in [6.07, 6.45) is 0. The molecule has 176 valence electrons. The van der Waals surface area contributed by atoms with E-state index in [0.29, 0.717) is 17.7 Å². The van der Waals surface area contributed by atoms with Crippen LogP contribution in [0.1, 0.15) is 33.0 Å². The molecule has 0 spiro atoms. The Morgan fingerprint density at radius 1 is 0.886 bits per heavy atom. The summed E-state index contributed by atoms with van der Waals surface area (Å²) >= 11 is 0. The maximum absolute atomic E-state index is 13.2. The maximum Gasteiger partial charge on any atom is 0.254 e. The highest BCUT2D eigenvalue weighted by Crippen LogP contribution is 2.43. The van der Waals surface area contributed by atoms with Crippen molar-refractivity contribution in [2.75, 3.05) is 19.7 Å². The van der Waals surface area contributed by atoms with Crippen molar-refractivity contribution in [3.63, 3.8) is 0 Å². The third-order valence-corrected chi connectivity index (χ3v) is 6.62. The zero-order valence-corrected chi connectivity index (χ0v) is 18.7. The summed E-state index contributed by atoms with van der Waals surface area (Å²) in [5, 5.41) is 9.98. The molecule has 0 aliphatic carbocycles. The summed E-state index contributed by atoms with van der Waals surface area (Å²) in [6.45, 7) is 0.0774. The molecule has 3 aromatic carbocycles. The molecule has 2 amide bonds. The first-order valence-corrected chi connectivity index (χ1v) is 11.3. The Morgan fingerprint density at radius 2 is 1.43 bits per heavy atom. The van der Waals surface area contributed by atoms with Gasteiger partial charge in [-0.1, -0.05) is 24.0 Å². The molecule has 0 aromatic heterocycles. The molecule has 0 bridgehead atoms. The molecule has 2 aliphatic rings. The van der Waals surface area contributed by atoms with Crippen molar-refractivity contribution in [3.8, 4) is 11.8 Å². The fourth-order valence-corrected chi connectivity index (χ4v) is 4.90. The second kappa shape index (κ2) is 9.32. The number of aliphatic hydroxyl groups excluding tert-OH is 1. The molecule has 2 saturated heterocycles. The summed E-state index contributed by atoms with van der Waals surface area (Å²) in [4.78, 5) is 28.9. The first-order chi connectivity index (χ1) is 16.9. The maximum atomic E-state index is 13.2. The smallest absolute Gasteiger partial charge is 0.254 e. The van der Waals surface area contributed by atoms with Crippen molar-refractivity contribution in [1.29, 1.82) is 0 Å². The van der Waals surface area contributed by atoms with Gasteiger partial charge in [0, 0.05) is 29.2 Å². The number of halogens is 2. The molecule has 3 atom stereocenters. The standard InChI is InChI=1S/C28H22F2N2O3/c29-22-11-5-19(6-12-22)2-1-18-3-7-20(8-4-18)27-24-15-31(16-26(34)32(24)25(27)17-33)28(35)21-9-13-23(30)14-10-21/h3-14,24-25,27,33H,15-17H2/t24-,25+,27+/m1/s1. The summed E-state index contributed by atoms with van der Waals surface area (Å²) in [7, 11) is 0. The number of hydrogen-bond donors (Lipinski definition) is 1. The molecule has 0 unspecified atom stereocenters. The molecular formula is C28H22F2N2O3. The Balaban J connectivity index is 1.34. The number of rotatable bonds is 3. The molecule has 3 aromatic rings. The van der Waals surface area contributed by atoms with Crippen LogP contribution in [0.5, 0.6) is 0 Å². The van der Waals surface area contributed by atoms with Gasteiger partial charge in [-0.15, -0.1) is 0 Å². The second-order valence-electron chi connectivity index (χ2n) is 8.72. The van der Waals surface area contributed by atoms with E-state index >= 15 is 0 Å². The minimum absolute atomic E-state index is 0.0756. The Bertz CT molecular complexity index is 1310. The first kappa shape index (κ1) is 22.8. The van der Waals surface area contributed by atoms with Crippen LogP contribution in [0.3, 0.4) is 0 Å². The molecule has 7 heteroatoms. The van der Waals surface area contributed by atoms with Crippen molar-refractivity contribution < 1.29 is 23.5 Å². The van der Waals surface area contributed by atoms with E-state index in [4.69, 9.17) is 0 Å². The van der Waals surface area contributed by atoms with Gasteiger partial charge in [-0.05, 0) is 66.2 Å². The number of amides is 2. The van der Waals surface area contributed by atoms with Gasteiger partial charge in [0.15, 0.2) is 0 Å². The molecule has 2 fully saturated rings. The summed E-state index contributed by atoms with van der Waals surface area (Å²) in [5.41, 5.74) is 2.76. The van der Waals surface area contributed by atoms with E-state index in [1.165, 1.54) is 41.3 Å². The molecule has 1 N–H and O–H groups in total. The normalized spacial score (nSPS) is 21.0. The van der Waals surface area contributed by atoms with Gasteiger partial charge in [-0.25, -0.2) is 8.78 Å². The van der Waals surface area contributed by atoms with Crippen LogP contribution < -0.4 is 0 Å². The average Bonchev–Trinajstić information content (AvgIpc) is 2.85. The highest BCUT2D eigenvalue weighted by molar-refractivity contribution is 5.97. The average molecular weight is 472 g/mol. The quantitative estimate of drug-likeness (QED) is 0.596. The van der Waals surface area contributed by atoms with E-state index in [0.717, 1.165) is 11.1 Å². The Morgan fingerprint density at radius 3 is 2.00 bits per heavy atom. The van der Waals surface area contributed by atoms with Gasteiger partial charge >= 0.3 is 0 Å². The lowest BCUT2D eigenvalue weighted by Crippen LogP contribution is -2.73. The number of fused-ring (bicyclic) bond motifs is 1. The molecule has 2 aliphatic heterocycles. The van der Waals surface area contributed by atoms with Gasteiger partial charge in [0.25, 0.3) is 5.91 Å². The first-order valence-electron chi connectivity index (χ1n) is 11.3. The summed E-state index contributed by atoms with van der Waals surface area (Å²) in [6, 6.07) is 18.2. The largest absolute Gasteiger partial charge is 0.394 e. The van der Waals surface area contributed by atoms with Crippen LogP contribution >= 0.6 is 0 Å². The second-order valence-corrected chi connectivity index (χ2v) is 8.72. The molecule has 35 heavy (non-hydrogen) atoms. The van der Waals surface area contributed by atoms with Gasteiger partial charge < -0.3 is 14.9 Å². The van der Waals surface area contributed by atoms with Gasteiger partial charge in [-0.3, -0.25) is 9.59 Å². The molecular weight excluding hydrogens is 450 g/mol. The van der Waals surface area contributed by atoms with Crippen LogP contribution in [-0.4, -0.2) is 58.5 Å². The zero-order valence-electron chi connectivity index (χ0n) is 18.7. The van der Waals surface area contributed by atoms with Gasteiger partial charge in [-0.2, -0.15) is 0 Å². The summed E-state index contributed by atoms with van der Waals surface area (Å²) < 4.78 is 26.3. The lowest BCUT2D eigenvalue weighted by molar-refractivity contribution is -0.159. The van der Waals surface area contributed by atoms with E-state index < -0.39 is 5.82 Å². The highest BCUT2D eigenvalue weighted by atomic mass is 19.1. The fraction of sp³-hybridized carbons (Fsp3) is 0.214. The van der Waals surface area contributed by atoms with Gasteiger partial charge in [0.2, 0.25) is 5.91 Å². The highest BCUT2D eigenvalue weighted by Gasteiger charge is 2.54. The monoisotopic (exact) mass is 472 g/mol. The SMILES string of the molecule is O=C(c1ccc(F)cc1)N1CC(=O)N2[C@H](C1)[C@H](c1ccc(C#Cc3ccc(F)cc3)cc1)[C@@H]2CO. The Hall–Kier alpha value is -4.02. The van der Waals surface area contributed by atoms with Crippen LogP contribution in [0.25, 0.3) is 0 Å². The van der Waals surface area contributed by atoms with E-state index in [1.807, 2.05) is 24.3 Å². The number of aliphatic hydroxyl groups is 1. The van der Waals surface area contributed by atoms with Crippen LogP contribution in [-0.2, 0) is 4.79 Å². The topological polar surface area (TPSA) is 60.9 Å². The van der Waals surface area contributed by atoms with E-state index in [9.17, 15) is 23.5 Å². The number of carbonyl (C=O) groups excluding carboxylic acids is 2. The van der Waals surface area contributed by atoms with Crippen LogP contribution in [0, 0.1) is 23.5 Å². The molecule has 2 heterocycles. The van der Waals surface area contributed by atoms with Gasteiger partial charge in [0.1, 0.15) is 18.2 Å². The predicted octanol–water partition coefficient (Wildman–Crippen LogP) is 3.18. The van der Waals surface area contributed by atoms with Crippen LogP contribution in [0.2, 0.25) is 0 Å². The zero-order chi connectivity index (χ0) is 24.5. The van der Waals surface area contributed by atoms with Crippen molar-refractivity contribution in [3.05, 3.63) is 107 Å². The lowest BCUT2D eigenvalue weighted by Gasteiger charge is -2.58. The minimum Gasteiger partial charge on any atom is -0.394 e. The molecule has 0 radical (unpaired) electrons. The third kappa shape index (κ3) is 4.41. The number of nitrogens with zero attached hydrogens (tertiary/aromatic N) is 2. The van der Waals surface area contributed by atoms with Crippen molar-refractivity contribution in [2.45, 2.75) is 18.0 Å². The lowest BCUT2D eigenvalue weighted by atomic mass is 9.73. The predicted molar refractivity (Wildman–Crippen MR) is 125 cm³/mol. The van der Waals surface area contributed by atoms with Crippen molar-refractivity contribution in [2.24, 2.45) is 0 Å². The minimum atomic E-state index is -0.432. The number of piperazine rings is 1. The van der Waals surface area contributed by atoms with Crippen LogP contribution in [0.15, 0.2) is 72.8 Å². The van der Waals surface area contributed by atoms with Crippen molar-refractivity contribution >= 4 is 11.8 Å². The van der Waals surface area contributed by atoms with E-state index in [2.05, 4.69) is 11.8 Å². The van der Waals surface area contributed by atoms with Gasteiger partial charge in [0.05, 0.1) is 18.7 Å². The Kier molecular flexibility index (Phi) is 6.06.